The summed E-state index contributed by atoms with van der Waals surface area (Å²) in [6.07, 6.45) is 0.788. The summed E-state index contributed by atoms with van der Waals surface area (Å²) >= 11 is 5.32. The predicted molar refractivity (Wildman–Crippen MR) is 98.7 cm³/mol. The molecule has 5 heteroatoms. The van der Waals surface area contributed by atoms with Gasteiger partial charge in [0.05, 0.1) is 14.2 Å². The van der Waals surface area contributed by atoms with E-state index >= 15 is 0 Å². The standard InChI is InChI=1S/C18H22N2O2S/c1-13-7-9-15(10-8-13)20-18(23)19-12-11-14-5-4-6-16(21-2)17(14)22-3/h4-10H,11-12H2,1-3H3,(H2,19,20,23). The molecule has 0 aliphatic heterocycles. The van der Waals surface area contributed by atoms with Gasteiger partial charge in [0.15, 0.2) is 16.6 Å². The van der Waals surface area contributed by atoms with Gasteiger partial charge in [0.25, 0.3) is 0 Å². The Labute approximate surface area is 142 Å². The van der Waals surface area contributed by atoms with Gasteiger partial charge in [-0.15, -0.1) is 0 Å². The first-order chi connectivity index (χ1) is 11.1. The van der Waals surface area contributed by atoms with E-state index in [0.29, 0.717) is 11.7 Å². The summed E-state index contributed by atoms with van der Waals surface area (Å²) in [6.45, 7) is 2.77. The van der Waals surface area contributed by atoms with Gasteiger partial charge in [0.1, 0.15) is 0 Å². The number of benzene rings is 2. The minimum absolute atomic E-state index is 0.607. The summed E-state index contributed by atoms with van der Waals surface area (Å²) in [5.74, 6) is 1.51. The zero-order valence-electron chi connectivity index (χ0n) is 13.7. The maximum absolute atomic E-state index is 5.43. The smallest absolute Gasteiger partial charge is 0.170 e. The van der Waals surface area contributed by atoms with Crippen LogP contribution in [0.4, 0.5) is 5.69 Å². The SMILES string of the molecule is COc1cccc(CCNC(=S)Nc2ccc(C)cc2)c1OC. The van der Waals surface area contributed by atoms with Crippen LogP contribution in [-0.2, 0) is 6.42 Å². The van der Waals surface area contributed by atoms with Gasteiger partial charge in [-0.05, 0) is 49.3 Å². The van der Waals surface area contributed by atoms with Gasteiger partial charge >= 0.3 is 0 Å². The van der Waals surface area contributed by atoms with Crippen molar-refractivity contribution in [1.82, 2.24) is 5.32 Å². The normalized spacial score (nSPS) is 10.0. The molecule has 0 aliphatic rings. The average Bonchev–Trinajstić information content (AvgIpc) is 2.56. The molecule has 2 N–H and O–H groups in total. The maximum atomic E-state index is 5.43. The summed E-state index contributed by atoms with van der Waals surface area (Å²) in [6, 6.07) is 14.0. The van der Waals surface area contributed by atoms with Crippen molar-refractivity contribution in [2.45, 2.75) is 13.3 Å². The van der Waals surface area contributed by atoms with E-state index in [2.05, 4.69) is 17.6 Å². The van der Waals surface area contributed by atoms with E-state index in [1.807, 2.05) is 42.5 Å². The summed E-state index contributed by atoms with van der Waals surface area (Å²) < 4.78 is 10.7. The third-order valence-electron chi connectivity index (χ3n) is 3.47. The van der Waals surface area contributed by atoms with Crippen LogP contribution in [-0.4, -0.2) is 25.9 Å². The van der Waals surface area contributed by atoms with Crippen LogP contribution in [0.5, 0.6) is 11.5 Å². The second-order valence-electron chi connectivity index (χ2n) is 5.15. The van der Waals surface area contributed by atoms with Gasteiger partial charge in [0, 0.05) is 12.2 Å². The van der Waals surface area contributed by atoms with Crippen LogP contribution in [0.1, 0.15) is 11.1 Å². The molecular formula is C18H22N2O2S. The van der Waals surface area contributed by atoms with Gasteiger partial charge in [-0.25, -0.2) is 0 Å². The summed E-state index contributed by atoms with van der Waals surface area (Å²) in [7, 11) is 3.29. The molecule has 122 valence electrons. The Morgan fingerprint density at radius 3 is 2.43 bits per heavy atom. The highest BCUT2D eigenvalue weighted by molar-refractivity contribution is 7.80. The molecule has 0 saturated heterocycles. The van der Waals surface area contributed by atoms with Gasteiger partial charge in [-0.2, -0.15) is 0 Å². The Kier molecular flexibility index (Phi) is 6.23. The Hall–Kier alpha value is -2.27. The highest BCUT2D eigenvalue weighted by Gasteiger charge is 2.09. The lowest BCUT2D eigenvalue weighted by Gasteiger charge is -2.14. The van der Waals surface area contributed by atoms with Crippen LogP contribution >= 0.6 is 12.2 Å². The van der Waals surface area contributed by atoms with Crippen molar-refractivity contribution in [2.24, 2.45) is 0 Å². The Morgan fingerprint density at radius 2 is 1.78 bits per heavy atom. The van der Waals surface area contributed by atoms with Crippen molar-refractivity contribution in [3.8, 4) is 11.5 Å². The maximum Gasteiger partial charge on any atom is 0.170 e. The van der Waals surface area contributed by atoms with E-state index in [4.69, 9.17) is 21.7 Å². The number of hydrogen-bond donors (Lipinski definition) is 2. The molecule has 23 heavy (non-hydrogen) atoms. The monoisotopic (exact) mass is 330 g/mol. The lowest BCUT2D eigenvalue weighted by atomic mass is 10.1. The number of aryl methyl sites for hydroxylation is 1. The zero-order valence-corrected chi connectivity index (χ0v) is 14.5. The number of thiocarbonyl (C=S) groups is 1. The average molecular weight is 330 g/mol. The van der Waals surface area contributed by atoms with Crippen molar-refractivity contribution < 1.29 is 9.47 Å². The molecule has 0 amide bonds. The first kappa shape index (κ1) is 17.1. The molecule has 0 saturated carbocycles. The number of para-hydroxylation sites is 1. The van der Waals surface area contributed by atoms with E-state index < -0.39 is 0 Å². The van der Waals surface area contributed by atoms with Crippen molar-refractivity contribution in [1.29, 1.82) is 0 Å². The number of methoxy groups -OCH3 is 2. The molecule has 0 aromatic heterocycles. The van der Waals surface area contributed by atoms with Gasteiger partial charge in [-0.1, -0.05) is 29.8 Å². The number of ether oxygens (including phenoxy) is 2. The Balaban J connectivity index is 1.87. The lowest BCUT2D eigenvalue weighted by Crippen LogP contribution is -2.30. The van der Waals surface area contributed by atoms with Gasteiger partial charge < -0.3 is 20.1 Å². The van der Waals surface area contributed by atoms with E-state index in [1.165, 1.54) is 5.56 Å². The molecule has 0 bridgehead atoms. The van der Waals surface area contributed by atoms with Gasteiger partial charge in [0.2, 0.25) is 0 Å². The van der Waals surface area contributed by atoms with Crippen molar-refractivity contribution in [3.05, 3.63) is 53.6 Å². The van der Waals surface area contributed by atoms with Crippen molar-refractivity contribution >= 4 is 23.0 Å². The molecule has 0 fully saturated rings. The molecule has 0 atom stereocenters. The molecule has 0 unspecified atom stereocenters. The Bertz CT molecular complexity index is 657. The summed E-state index contributed by atoms with van der Waals surface area (Å²) in [4.78, 5) is 0. The highest BCUT2D eigenvalue weighted by Crippen LogP contribution is 2.30. The summed E-state index contributed by atoms with van der Waals surface area (Å²) in [5.41, 5.74) is 3.28. The number of rotatable bonds is 6. The van der Waals surface area contributed by atoms with Crippen molar-refractivity contribution in [2.75, 3.05) is 26.1 Å². The van der Waals surface area contributed by atoms with E-state index in [-0.39, 0.29) is 0 Å². The fraction of sp³-hybridized carbons (Fsp3) is 0.278. The molecule has 4 nitrogen and oxygen atoms in total. The fourth-order valence-corrected chi connectivity index (χ4v) is 2.49. The lowest BCUT2D eigenvalue weighted by molar-refractivity contribution is 0.351. The molecule has 0 aliphatic carbocycles. The molecular weight excluding hydrogens is 308 g/mol. The second kappa shape index (κ2) is 8.39. The quantitative estimate of drug-likeness (QED) is 0.793. The zero-order chi connectivity index (χ0) is 16.7. The molecule has 2 aromatic carbocycles. The topological polar surface area (TPSA) is 42.5 Å². The highest BCUT2D eigenvalue weighted by atomic mass is 32.1. The minimum Gasteiger partial charge on any atom is -0.493 e. The van der Waals surface area contributed by atoms with E-state index in [9.17, 15) is 0 Å². The first-order valence-electron chi connectivity index (χ1n) is 7.45. The first-order valence-corrected chi connectivity index (χ1v) is 7.86. The van der Waals surface area contributed by atoms with Crippen LogP contribution in [0.15, 0.2) is 42.5 Å². The second-order valence-corrected chi connectivity index (χ2v) is 5.56. The molecule has 0 heterocycles. The van der Waals surface area contributed by atoms with Crippen LogP contribution in [0.3, 0.4) is 0 Å². The molecule has 0 radical (unpaired) electrons. The molecule has 2 aromatic rings. The number of anilines is 1. The van der Waals surface area contributed by atoms with Crippen LogP contribution < -0.4 is 20.1 Å². The molecule has 2 rings (SSSR count). The fourth-order valence-electron chi connectivity index (χ4n) is 2.27. The summed E-state index contributed by atoms with van der Waals surface area (Å²) in [5, 5.41) is 6.99. The third kappa shape index (κ3) is 4.86. The molecule has 0 spiro atoms. The van der Waals surface area contributed by atoms with Gasteiger partial charge in [-0.3, -0.25) is 0 Å². The number of hydrogen-bond acceptors (Lipinski definition) is 3. The van der Waals surface area contributed by atoms with E-state index in [0.717, 1.165) is 29.2 Å². The largest absolute Gasteiger partial charge is 0.493 e. The van der Waals surface area contributed by atoms with Crippen molar-refractivity contribution in [3.63, 3.8) is 0 Å². The van der Waals surface area contributed by atoms with E-state index in [1.54, 1.807) is 14.2 Å². The predicted octanol–water partition coefficient (Wildman–Crippen LogP) is 3.54. The minimum atomic E-state index is 0.607. The van der Waals surface area contributed by atoms with Crippen LogP contribution in [0.25, 0.3) is 0 Å². The van der Waals surface area contributed by atoms with Crippen LogP contribution in [0, 0.1) is 6.92 Å². The third-order valence-corrected chi connectivity index (χ3v) is 3.72. The Morgan fingerprint density at radius 1 is 1.04 bits per heavy atom. The van der Waals surface area contributed by atoms with Crippen LogP contribution in [0.2, 0.25) is 0 Å². The number of nitrogens with one attached hydrogen (secondary N) is 2.